The minimum Gasteiger partial charge on any atom is -0.494 e. The van der Waals surface area contributed by atoms with E-state index in [2.05, 4.69) is 53.4 Å². The van der Waals surface area contributed by atoms with Gasteiger partial charge >= 0.3 is 0 Å². The van der Waals surface area contributed by atoms with Crippen molar-refractivity contribution in [3.63, 3.8) is 0 Å². The Morgan fingerprint density at radius 2 is 1.64 bits per heavy atom. The molecule has 0 bridgehead atoms. The summed E-state index contributed by atoms with van der Waals surface area (Å²) in [4.78, 5) is 11.0. The van der Waals surface area contributed by atoms with Gasteiger partial charge in [-0.2, -0.15) is 0 Å². The van der Waals surface area contributed by atoms with Crippen LogP contribution in [-0.4, -0.2) is 31.9 Å². The largest absolute Gasteiger partial charge is 0.494 e. The highest BCUT2D eigenvalue weighted by molar-refractivity contribution is 5.59. The molecule has 0 unspecified atom stereocenters. The Labute approximate surface area is 215 Å². The van der Waals surface area contributed by atoms with Crippen molar-refractivity contribution in [2.45, 2.75) is 64.2 Å². The lowest BCUT2D eigenvalue weighted by Crippen LogP contribution is -2.38. The summed E-state index contributed by atoms with van der Waals surface area (Å²) in [6.45, 7) is 3.76. The number of anilines is 1. The van der Waals surface area contributed by atoms with Crippen LogP contribution in [0.1, 0.15) is 61.8 Å². The molecule has 6 heteroatoms. The van der Waals surface area contributed by atoms with E-state index < -0.39 is 0 Å². The lowest BCUT2D eigenvalue weighted by molar-refractivity contribution is 0.0611. The third-order valence-electron chi connectivity index (χ3n) is 6.75. The Balaban J connectivity index is 1.50. The molecule has 2 aromatic carbocycles. The Morgan fingerprint density at radius 1 is 0.889 bits per heavy atom. The summed E-state index contributed by atoms with van der Waals surface area (Å²) in [5, 5.41) is 2.06. The predicted octanol–water partition coefficient (Wildman–Crippen LogP) is 6.69. The van der Waals surface area contributed by atoms with E-state index in [1.165, 1.54) is 5.56 Å². The minimum absolute atomic E-state index is 0.240. The van der Waals surface area contributed by atoms with Crippen LogP contribution in [0.25, 0.3) is 0 Å². The molecule has 0 amide bonds. The van der Waals surface area contributed by atoms with Crippen LogP contribution in [0.5, 0.6) is 11.5 Å². The summed E-state index contributed by atoms with van der Waals surface area (Å²) in [6, 6.07) is 21.1. The van der Waals surface area contributed by atoms with E-state index in [0.29, 0.717) is 24.9 Å². The predicted molar refractivity (Wildman–Crippen MR) is 142 cm³/mol. The van der Waals surface area contributed by atoms with Crippen LogP contribution in [-0.2, 0) is 22.8 Å². The normalized spacial score (nSPS) is 17.5. The van der Waals surface area contributed by atoms with E-state index in [1.807, 2.05) is 24.3 Å². The molecule has 0 radical (unpaired) electrons. The van der Waals surface area contributed by atoms with E-state index in [4.69, 9.17) is 19.0 Å². The number of pyridine rings is 1. The zero-order valence-corrected chi connectivity index (χ0v) is 21.7. The summed E-state index contributed by atoms with van der Waals surface area (Å²) in [6.07, 6.45) is 7.08. The molecule has 1 fully saturated rings. The Hall–Kier alpha value is -3.09. The van der Waals surface area contributed by atoms with E-state index in [9.17, 15) is 0 Å². The molecule has 0 spiro atoms. The fourth-order valence-electron chi connectivity index (χ4n) is 4.91. The first-order valence-corrected chi connectivity index (χ1v) is 12.9. The summed E-state index contributed by atoms with van der Waals surface area (Å²) >= 11 is 0. The quantitative estimate of drug-likeness (QED) is 0.264. The van der Waals surface area contributed by atoms with Crippen LogP contribution >= 0.6 is 0 Å². The van der Waals surface area contributed by atoms with E-state index in [-0.39, 0.29) is 6.04 Å². The zero-order chi connectivity index (χ0) is 25.2. The monoisotopic (exact) mass is 490 g/mol. The van der Waals surface area contributed by atoms with E-state index >= 15 is 0 Å². The molecule has 6 nitrogen and oxygen atoms in total. The third kappa shape index (κ3) is 6.56. The van der Waals surface area contributed by atoms with Gasteiger partial charge < -0.3 is 14.2 Å². The van der Waals surface area contributed by atoms with Gasteiger partial charge in [0.05, 0.1) is 33.0 Å². The van der Waals surface area contributed by atoms with Crippen molar-refractivity contribution >= 4 is 5.69 Å². The maximum atomic E-state index is 6.49. The van der Waals surface area contributed by atoms with Gasteiger partial charge in [-0.05, 0) is 67.3 Å². The van der Waals surface area contributed by atoms with Crippen LogP contribution in [0.3, 0.4) is 0 Å². The van der Waals surface area contributed by atoms with Crippen LogP contribution in [0.4, 0.5) is 5.69 Å². The maximum absolute atomic E-state index is 6.49. The Kier molecular flexibility index (Phi) is 9.59. The van der Waals surface area contributed by atoms with Crippen LogP contribution < -0.4 is 14.5 Å². The van der Waals surface area contributed by atoms with E-state index in [0.717, 1.165) is 61.4 Å². The van der Waals surface area contributed by atoms with Gasteiger partial charge in [-0.15, -0.1) is 0 Å². The molecule has 0 aliphatic heterocycles. The van der Waals surface area contributed by atoms with Crippen LogP contribution in [0.15, 0.2) is 66.9 Å². The fraction of sp³-hybridized carbons (Fsp3) is 0.433. The molecule has 4 rings (SSSR count). The highest BCUT2D eigenvalue weighted by Gasteiger charge is 2.30. The van der Waals surface area contributed by atoms with Gasteiger partial charge in [-0.25, -0.2) is 5.06 Å². The summed E-state index contributed by atoms with van der Waals surface area (Å²) in [5.41, 5.74) is 4.19. The number of hydroxylamine groups is 1. The second-order valence-electron chi connectivity index (χ2n) is 9.25. The van der Waals surface area contributed by atoms with Crippen molar-refractivity contribution in [1.29, 1.82) is 0 Å². The molecule has 192 valence electrons. The molecule has 1 aliphatic carbocycles. The molecule has 3 aromatic rings. The molecule has 36 heavy (non-hydrogen) atoms. The first kappa shape index (κ1) is 26.0. The zero-order valence-electron chi connectivity index (χ0n) is 21.7. The maximum Gasteiger partial charge on any atom is 0.168 e. The first-order chi connectivity index (χ1) is 17.7. The standard InChI is InChI=1S/C30H38N2O4/c1-4-20-35-27-16-12-25(13-17-27)24-10-14-26(15-11-24)32(36-21-23-8-6-5-7-9-23)29-18-19-31-28(22-33-2)30(29)34-3/h5-9,12-13,16-19,24,26H,4,10-11,14-15,20-22H2,1-3H3/t24-,26+. The Morgan fingerprint density at radius 3 is 2.31 bits per heavy atom. The lowest BCUT2D eigenvalue weighted by Gasteiger charge is -2.38. The molecule has 1 saturated carbocycles. The van der Waals surface area contributed by atoms with E-state index in [1.54, 1.807) is 20.4 Å². The Bertz CT molecular complexity index is 1050. The molecule has 1 aromatic heterocycles. The summed E-state index contributed by atoms with van der Waals surface area (Å²) in [7, 11) is 3.35. The summed E-state index contributed by atoms with van der Waals surface area (Å²) < 4.78 is 16.9. The topological polar surface area (TPSA) is 53.1 Å². The average molecular weight is 491 g/mol. The lowest BCUT2D eigenvalue weighted by atomic mass is 9.81. The molecule has 0 atom stereocenters. The number of aromatic nitrogens is 1. The minimum atomic E-state index is 0.240. The number of rotatable bonds is 12. The van der Waals surface area contributed by atoms with Gasteiger partial charge in [-0.3, -0.25) is 9.82 Å². The van der Waals surface area contributed by atoms with Crippen molar-refractivity contribution in [3.8, 4) is 11.5 Å². The van der Waals surface area contributed by atoms with Crippen molar-refractivity contribution in [3.05, 3.63) is 83.7 Å². The SMILES string of the molecule is CCCOc1ccc([C@H]2CC[C@@H](N(OCc3ccccc3)c3ccnc(COC)c3OC)CC2)cc1. The van der Waals surface area contributed by atoms with Gasteiger partial charge in [-0.1, -0.05) is 49.4 Å². The smallest absolute Gasteiger partial charge is 0.168 e. The van der Waals surface area contributed by atoms with Crippen LogP contribution in [0, 0.1) is 0 Å². The van der Waals surface area contributed by atoms with Crippen molar-refractivity contribution in [1.82, 2.24) is 4.98 Å². The molecule has 0 saturated heterocycles. The number of hydrogen-bond acceptors (Lipinski definition) is 6. The highest BCUT2D eigenvalue weighted by Crippen LogP contribution is 2.40. The van der Waals surface area contributed by atoms with Gasteiger partial charge in [0.25, 0.3) is 0 Å². The number of methoxy groups -OCH3 is 2. The number of nitrogens with zero attached hydrogens (tertiary/aromatic N) is 2. The number of hydrogen-bond donors (Lipinski definition) is 0. The second kappa shape index (κ2) is 13.3. The fourth-order valence-corrected chi connectivity index (χ4v) is 4.91. The van der Waals surface area contributed by atoms with Gasteiger partial charge in [0, 0.05) is 13.3 Å². The molecular weight excluding hydrogens is 452 g/mol. The molecular formula is C30H38N2O4. The van der Waals surface area contributed by atoms with Crippen molar-refractivity contribution in [2.24, 2.45) is 0 Å². The van der Waals surface area contributed by atoms with Crippen LogP contribution in [0.2, 0.25) is 0 Å². The third-order valence-corrected chi connectivity index (χ3v) is 6.75. The first-order valence-electron chi connectivity index (χ1n) is 12.9. The highest BCUT2D eigenvalue weighted by atomic mass is 16.7. The summed E-state index contributed by atoms with van der Waals surface area (Å²) in [5.74, 6) is 2.20. The van der Waals surface area contributed by atoms with Gasteiger partial charge in [0.15, 0.2) is 5.75 Å². The van der Waals surface area contributed by atoms with Gasteiger partial charge in [0.2, 0.25) is 0 Å². The second-order valence-corrected chi connectivity index (χ2v) is 9.25. The molecule has 1 aliphatic rings. The van der Waals surface area contributed by atoms with Crippen molar-refractivity contribution in [2.75, 3.05) is 25.9 Å². The van der Waals surface area contributed by atoms with Crippen molar-refractivity contribution < 1.29 is 19.0 Å². The molecule has 1 heterocycles. The van der Waals surface area contributed by atoms with Gasteiger partial charge in [0.1, 0.15) is 17.1 Å². The number of benzene rings is 2. The number of ether oxygens (including phenoxy) is 3. The molecule has 0 N–H and O–H groups in total. The average Bonchev–Trinajstić information content (AvgIpc) is 2.93.